The number of carbonyl (C=O) groups excluding carboxylic acids is 3. The molecule has 23 heavy (non-hydrogen) atoms. The van der Waals surface area contributed by atoms with Crippen LogP contribution >= 0.6 is 0 Å². The van der Waals surface area contributed by atoms with E-state index in [9.17, 15) is 14.4 Å². The molecule has 0 amide bonds. The van der Waals surface area contributed by atoms with E-state index in [1.807, 2.05) is 6.92 Å². The van der Waals surface area contributed by atoms with Crippen molar-refractivity contribution < 1.29 is 33.3 Å². The molecule has 132 valence electrons. The molecule has 0 heterocycles. The summed E-state index contributed by atoms with van der Waals surface area (Å²) in [5, 5.41) is 0. The van der Waals surface area contributed by atoms with E-state index in [-0.39, 0.29) is 31.2 Å². The van der Waals surface area contributed by atoms with Crippen molar-refractivity contribution >= 4 is 18.4 Å². The van der Waals surface area contributed by atoms with E-state index in [1.54, 1.807) is 0 Å². The van der Waals surface area contributed by atoms with Crippen molar-refractivity contribution in [3.63, 3.8) is 0 Å². The molecule has 0 aromatic heterocycles. The fourth-order valence-corrected chi connectivity index (χ4v) is 1.53. The summed E-state index contributed by atoms with van der Waals surface area (Å²) < 4.78 is 19.4. The van der Waals surface area contributed by atoms with E-state index in [0.29, 0.717) is 6.42 Å². The van der Waals surface area contributed by atoms with Gasteiger partial charge in [0.25, 0.3) is 6.47 Å². The lowest BCUT2D eigenvalue weighted by Gasteiger charge is -2.14. The summed E-state index contributed by atoms with van der Waals surface area (Å²) in [4.78, 5) is 33.3. The third kappa shape index (κ3) is 9.51. The smallest absolute Gasteiger partial charge is 0.326 e. The average molecular weight is 331 g/mol. The monoisotopic (exact) mass is 331 g/mol. The van der Waals surface area contributed by atoms with Gasteiger partial charge < -0.3 is 24.7 Å². The Hall–Kier alpha value is -2.09. The van der Waals surface area contributed by atoms with Crippen LogP contribution in [0, 0.1) is 0 Å². The molecule has 0 aliphatic rings. The molecular weight excluding hydrogens is 306 g/mol. The van der Waals surface area contributed by atoms with Crippen molar-refractivity contribution in [1.82, 2.24) is 0 Å². The Bertz CT molecular complexity index is 420. The minimum Gasteiger partial charge on any atom is -0.494 e. The lowest BCUT2D eigenvalue weighted by atomic mass is 10.2. The van der Waals surface area contributed by atoms with Gasteiger partial charge in [-0.2, -0.15) is 0 Å². The van der Waals surface area contributed by atoms with Crippen LogP contribution in [-0.4, -0.2) is 44.8 Å². The topological polar surface area (TPSA) is 114 Å². The Kier molecular flexibility index (Phi) is 11.3. The van der Waals surface area contributed by atoms with Crippen LogP contribution in [0.25, 0.3) is 0 Å². The number of rotatable bonds is 12. The maximum absolute atomic E-state index is 11.7. The molecule has 0 aliphatic heterocycles. The third-order valence-electron chi connectivity index (χ3n) is 2.92. The van der Waals surface area contributed by atoms with Crippen LogP contribution in [0.4, 0.5) is 0 Å². The first-order valence-electron chi connectivity index (χ1n) is 7.38. The molecule has 0 saturated heterocycles. The van der Waals surface area contributed by atoms with Gasteiger partial charge in [0, 0.05) is 6.42 Å². The highest BCUT2D eigenvalue weighted by Crippen LogP contribution is 2.07. The molecule has 0 spiro atoms. The average Bonchev–Trinajstić information content (AvgIpc) is 2.53. The van der Waals surface area contributed by atoms with Gasteiger partial charge in [0.15, 0.2) is 12.4 Å². The largest absolute Gasteiger partial charge is 0.494 e. The van der Waals surface area contributed by atoms with Gasteiger partial charge in [-0.1, -0.05) is 19.8 Å². The second-order valence-electron chi connectivity index (χ2n) is 4.75. The minimum absolute atomic E-state index is 0.172. The summed E-state index contributed by atoms with van der Waals surface area (Å²) in [7, 11) is 1.35. The number of esters is 2. The molecular formula is C15H25NO7. The van der Waals surface area contributed by atoms with Crippen LogP contribution in [-0.2, 0) is 33.3 Å². The lowest BCUT2D eigenvalue weighted by molar-refractivity contribution is -0.151. The number of unbranched alkanes of at least 4 members (excludes halogenated alkanes) is 2. The standard InChI is InChI=1S/C15H25NO7/c1-4-5-6-7-14(18)21-8-12(16)15(19)22-9-13(20-3)11(2)23-10-17/h10,12H,4-9,16H2,1-3H3/b13-11-. The molecule has 0 rings (SSSR count). The summed E-state index contributed by atoms with van der Waals surface area (Å²) in [6.07, 6.45) is 2.99. The SMILES string of the molecule is CCCCCC(=O)OCC(N)C(=O)OC/C(OC)=C(\C)OC=O. The van der Waals surface area contributed by atoms with E-state index < -0.39 is 18.0 Å². The first-order chi connectivity index (χ1) is 11.0. The number of hydrogen-bond acceptors (Lipinski definition) is 8. The predicted molar refractivity (Wildman–Crippen MR) is 80.9 cm³/mol. The van der Waals surface area contributed by atoms with Crippen LogP contribution in [0.5, 0.6) is 0 Å². The zero-order valence-corrected chi connectivity index (χ0v) is 13.8. The second-order valence-corrected chi connectivity index (χ2v) is 4.75. The summed E-state index contributed by atoms with van der Waals surface area (Å²) in [5.41, 5.74) is 5.59. The van der Waals surface area contributed by atoms with Gasteiger partial charge in [-0.25, -0.2) is 0 Å². The Morgan fingerprint density at radius 2 is 1.91 bits per heavy atom. The molecule has 2 N–H and O–H groups in total. The molecule has 0 fully saturated rings. The van der Waals surface area contributed by atoms with Crippen LogP contribution < -0.4 is 5.73 Å². The van der Waals surface area contributed by atoms with Gasteiger partial charge in [-0.15, -0.1) is 0 Å². The van der Waals surface area contributed by atoms with Gasteiger partial charge in [0.05, 0.1) is 7.11 Å². The van der Waals surface area contributed by atoms with Crippen LogP contribution in [0.3, 0.4) is 0 Å². The van der Waals surface area contributed by atoms with Crippen molar-refractivity contribution in [1.29, 1.82) is 0 Å². The summed E-state index contributed by atoms with van der Waals surface area (Å²) >= 11 is 0. The Morgan fingerprint density at radius 1 is 1.22 bits per heavy atom. The first kappa shape index (κ1) is 20.9. The summed E-state index contributed by atoms with van der Waals surface area (Å²) in [6, 6.07) is -1.09. The van der Waals surface area contributed by atoms with Crippen molar-refractivity contribution in [3.8, 4) is 0 Å². The van der Waals surface area contributed by atoms with Crippen molar-refractivity contribution in [3.05, 3.63) is 11.5 Å². The van der Waals surface area contributed by atoms with Crippen molar-refractivity contribution in [2.24, 2.45) is 5.73 Å². The molecule has 0 aromatic carbocycles. The lowest BCUT2D eigenvalue weighted by Crippen LogP contribution is -2.37. The Balaban J connectivity index is 4.17. The highest BCUT2D eigenvalue weighted by atomic mass is 16.6. The first-order valence-corrected chi connectivity index (χ1v) is 7.38. The summed E-state index contributed by atoms with van der Waals surface area (Å²) in [6.45, 7) is 3.26. The fourth-order valence-electron chi connectivity index (χ4n) is 1.53. The molecule has 0 radical (unpaired) electrons. The van der Waals surface area contributed by atoms with Crippen molar-refractivity contribution in [2.45, 2.75) is 45.6 Å². The second kappa shape index (κ2) is 12.5. The van der Waals surface area contributed by atoms with Crippen LogP contribution in [0.1, 0.15) is 39.5 Å². The third-order valence-corrected chi connectivity index (χ3v) is 2.92. The van der Waals surface area contributed by atoms with E-state index in [1.165, 1.54) is 14.0 Å². The zero-order chi connectivity index (χ0) is 17.7. The number of hydrogen-bond donors (Lipinski definition) is 1. The Morgan fingerprint density at radius 3 is 2.48 bits per heavy atom. The molecule has 1 unspecified atom stereocenters. The molecule has 1 atom stereocenters. The van der Waals surface area contributed by atoms with Gasteiger partial charge in [-0.3, -0.25) is 14.4 Å². The normalized spacial score (nSPS) is 12.7. The number of carbonyl (C=O) groups is 3. The minimum atomic E-state index is -1.09. The summed E-state index contributed by atoms with van der Waals surface area (Å²) in [5.74, 6) is -0.797. The quantitative estimate of drug-likeness (QED) is 0.185. The molecule has 0 aromatic rings. The molecule has 8 heteroatoms. The van der Waals surface area contributed by atoms with E-state index in [2.05, 4.69) is 4.74 Å². The van der Waals surface area contributed by atoms with Gasteiger partial charge in [-0.05, 0) is 13.3 Å². The van der Waals surface area contributed by atoms with E-state index >= 15 is 0 Å². The van der Waals surface area contributed by atoms with Crippen LogP contribution in [0.15, 0.2) is 11.5 Å². The Labute approximate surface area is 135 Å². The number of methoxy groups -OCH3 is 1. The molecule has 0 bridgehead atoms. The van der Waals surface area contributed by atoms with Crippen LogP contribution in [0.2, 0.25) is 0 Å². The van der Waals surface area contributed by atoms with E-state index in [0.717, 1.165) is 19.3 Å². The van der Waals surface area contributed by atoms with Crippen molar-refractivity contribution in [2.75, 3.05) is 20.3 Å². The molecule has 0 saturated carbocycles. The fraction of sp³-hybridized carbons (Fsp3) is 0.667. The number of allylic oxidation sites excluding steroid dienone is 1. The molecule has 8 nitrogen and oxygen atoms in total. The number of nitrogens with two attached hydrogens (primary N) is 1. The number of ether oxygens (including phenoxy) is 4. The zero-order valence-electron chi connectivity index (χ0n) is 13.8. The van der Waals surface area contributed by atoms with Gasteiger partial charge in [0.2, 0.25) is 0 Å². The van der Waals surface area contributed by atoms with Gasteiger partial charge in [0.1, 0.15) is 18.4 Å². The highest BCUT2D eigenvalue weighted by molar-refractivity contribution is 5.76. The molecule has 0 aliphatic carbocycles. The predicted octanol–water partition coefficient (Wildman–Crippen LogP) is 1.03. The highest BCUT2D eigenvalue weighted by Gasteiger charge is 2.19. The maximum Gasteiger partial charge on any atom is 0.326 e. The van der Waals surface area contributed by atoms with Gasteiger partial charge >= 0.3 is 11.9 Å². The van der Waals surface area contributed by atoms with E-state index in [4.69, 9.17) is 19.9 Å². The maximum atomic E-state index is 11.7.